The molecule has 0 heterocycles. The second kappa shape index (κ2) is 10.2. The lowest BCUT2D eigenvalue weighted by atomic mass is 10.3. The molecule has 29 heavy (non-hydrogen) atoms. The van der Waals surface area contributed by atoms with Crippen molar-refractivity contribution in [2.75, 3.05) is 17.8 Å². The largest absolute Gasteiger partial charge is 0.280 e. The third-order valence-electron chi connectivity index (χ3n) is 4.39. The highest BCUT2D eigenvalue weighted by molar-refractivity contribution is 7.92. The number of nitrogens with one attached hydrogen (secondary N) is 1. The molecule has 0 unspecified atom stereocenters. The maximum atomic E-state index is 13.0. The van der Waals surface area contributed by atoms with Crippen LogP contribution in [-0.4, -0.2) is 34.2 Å². The maximum Gasteiger partial charge on any atom is 0.261 e. The van der Waals surface area contributed by atoms with E-state index in [-0.39, 0.29) is 15.5 Å². The first-order valence-electron chi connectivity index (χ1n) is 9.59. The van der Waals surface area contributed by atoms with Gasteiger partial charge in [-0.15, -0.1) is 0 Å². The van der Waals surface area contributed by atoms with E-state index in [4.69, 9.17) is 0 Å². The zero-order chi connectivity index (χ0) is 21.5. The van der Waals surface area contributed by atoms with E-state index in [1.165, 1.54) is 28.6 Å². The molecule has 2 aromatic rings. The molecule has 2 rings (SSSR count). The summed E-state index contributed by atoms with van der Waals surface area (Å²) in [6, 6.07) is 10.0. The van der Waals surface area contributed by atoms with Gasteiger partial charge in [0.15, 0.2) is 0 Å². The molecule has 0 radical (unpaired) electrons. The van der Waals surface area contributed by atoms with Gasteiger partial charge in [0.05, 0.1) is 9.79 Å². The fourth-order valence-electron chi connectivity index (χ4n) is 2.69. The quantitative estimate of drug-likeness (QED) is 0.565. The van der Waals surface area contributed by atoms with Crippen molar-refractivity contribution in [2.45, 2.75) is 49.3 Å². The van der Waals surface area contributed by atoms with Gasteiger partial charge in [0.2, 0.25) is 10.0 Å². The summed E-state index contributed by atoms with van der Waals surface area (Å²) in [5.74, 6) is -0.533. The van der Waals surface area contributed by atoms with Crippen LogP contribution in [0.4, 0.5) is 10.1 Å². The number of sulfonamides is 2. The van der Waals surface area contributed by atoms with Crippen LogP contribution in [0.3, 0.4) is 0 Å². The first-order valence-corrected chi connectivity index (χ1v) is 12.5. The number of benzene rings is 2. The zero-order valence-electron chi connectivity index (χ0n) is 16.6. The molecule has 0 fully saturated rings. The second-order valence-electron chi connectivity index (χ2n) is 6.69. The highest BCUT2D eigenvalue weighted by atomic mass is 32.2. The van der Waals surface area contributed by atoms with Crippen molar-refractivity contribution in [1.29, 1.82) is 0 Å². The molecule has 9 heteroatoms. The van der Waals surface area contributed by atoms with Crippen LogP contribution < -0.4 is 4.72 Å². The maximum absolute atomic E-state index is 13.0. The number of unbranched alkanes of at least 4 members (excludes halogenated alkanes) is 2. The van der Waals surface area contributed by atoms with Crippen LogP contribution in [0.2, 0.25) is 0 Å². The minimum atomic E-state index is -3.90. The Balaban J connectivity index is 2.20. The monoisotopic (exact) mass is 442 g/mol. The summed E-state index contributed by atoms with van der Waals surface area (Å²) in [5, 5.41) is 0. The van der Waals surface area contributed by atoms with Crippen LogP contribution in [0.25, 0.3) is 0 Å². The molecule has 0 amide bonds. The summed E-state index contributed by atoms with van der Waals surface area (Å²) in [7, 11) is -7.54. The third-order valence-corrected chi connectivity index (χ3v) is 7.70. The lowest BCUT2D eigenvalue weighted by Crippen LogP contribution is -2.33. The van der Waals surface area contributed by atoms with Gasteiger partial charge in [-0.25, -0.2) is 21.2 Å². The molecule has 0 spiro atoms. The number of anilines is 1. The van der Waals surface area contributed by atoms with E-state index in [2.05, 4.69) is 4.72 Å². The Hall–Kier alpha value is -1.97. The zero-order valence-corrected chi connectivity index (χ0v) is 18.3. The van der Waals surface area contributed by atoms with Gasteiger partial charge in [-0.2, -0.15) is 4.31 Å². The van der Waals surface area contributed by atoms with Gasteiger partial charge < -0.3 is 0 Å². The Morgan fingerprint density at radius 2 is 1.28 bits per heavy atom. The lowest BCUT2D eigenvalue weighted by molar-refractivity contribution is 0.395. The molecule has 6 nitrogen and oxygen atoms in total. The Labute approximate surface area is 172 Å². The Kier molecular flexibility index (Phi) is 8.18. The first kappa shape index (κ1) is 23.3. The van der Waals surface area contributed by atoms with Crippen molar-refractivity contribution >= 4 is 25.7 Å². The summed E-state index contributed by atoms with van der Waals surface area (Å²) in [6.45, 7) is 4.93. The average molecular weight is 443 g/mol. The molecular weight excluding hydrogens is 415 g/mol. The summed E-state index contributed by atoms with van der Waals surface area (Å²) >= 11 is 0. The van der Waals surface area contributed by atoms with Crippen molar-refractivity contribution < 1.29 is 21.2 Å². The molecule has 0 bridgehead atoms. The van der Waals surface area contributed by atoms with E-state index in [9.17, 15) is 21.2 Å². The molecule has 0 atom stereocenters. The molecule has 0 saturated carbocycles. The molecule has 0 aliphatic heterocycles. The smallest absolute Gasteiger partial charge is 0.261 e. The summed E-state index contributed by atoms with van der Waals surface area (Å²) in [6.07, 6.45) is 3.33. The Morgan fingerprint density at radius 3 is 1.76 bits per heavy atom. The van der Waals surface area contributed by atoms with Gasteiger partial charge in [-0.1, -0.05) is 26.7 Å². The fourth-order valence-corrected chi connectivity index (χ4v) is 5.27. The Morgan fingerprint density at radius 1 is 0.793 bits per heavy atom. The normalized spacial score (nSPS) is 12.3. The first-order chi connectivity index (χ1) is 13.7. The lowest BCUT2D eigenvalue weighted by Gasteiger charge is -2.22. The highest BCUT2D eigenvalue weighted by Gasteiger charge is 2.23. The average Bonchev–Trinajstić information content (AvgIpc) is 2.68. The predicted molar refractivity (Wildman–Crippen MR) is 112 cm³/mol. The van der Waals surface area contributed by atoms with Crippen LogP contribution in [0.1, 0.15) is 39.5 Å². The van der Waals surface area contributed by atoms with Crippen LogP contribution in [0.5, 0.6) is 0 Å². The summed E-state index contributed by atoms with van der Waals surface area (Å²) in [5.41, 5.74) is 0.224. The third kappa shape index (κ3) is 6.25. The number of rotatable bonds is 11. The molecule has 0 saturated heterocycles. The standard InChI is InChI=1S/C20H27FN2O4S2/c1-3-5-15-23(16-6-4-2)29(26,27)20-13-9-18(10-14-20)22-28(24,25)19-11-7-17(21)8-12-19/h7-14,22H,3-6,15-16H2,1-2H3. The number of halogens is 1. The van der Waals surface area contributed by atoms with E-state index in [0.29, 0.717) is 13.1 Å². The van der Waals surface area contributed by atoms with Crippen molar-refractivity contribution in [2.24, 2.45) is 0 Å². The van der Waals surface area contributed by atoms with Crippen molar-refractivity contribution in [1.82, 2.24) is 4.31 Å². The number of hydrogen-bond acceptors (Lipinski definition) is 4. The van der Waals surface area contributed by atoms with E-state index in [0.717, 1.165) is 49.9 Å². The second-order valence-corrected chi connectivity index (χ2v) is 10.3. The Bertz CT molecular complexity index is 982. The van der Waals surface area contributed by atoms with E-state index in [1.807, 2.05) is 13.8 Å². The minimum absolute atomic E-state index is 0.0825. The SMILES string of the molecule is CCCCN(CCCC)S(=O)(=O)c1ccc(NS(=O)(=O)c2ccc(F)cc2)cc1. The van der Waals surface area contributed by atoms with Crippen molar-refractivity contribution in [3.63, 3.8) is 0 Å². The van der Waals surface area contributed by atoms with Crippen molar-refractivity contribution in [3.05, 3.63) is 54.3 Å². The van der Waals surface area contributed by atoms with Crippen LogP contribution >= 0.6 is 0 Å². The van der Waals surface area contributed by atoms with E-state index >= 15 is 0 Å². The molecule has 1 N–H and O–H groups in total. The predicted octanol–water partition coefficient (Wildman–Crippen LogP) is 4.22. The number of nitrogens with zero attached hydrogens (tertiary/aromatic N) is 1. The molecule has 2 aromatic carbocycles. The van der Waals surface area contributed by atoms with Crippen LogP contribution in [-0.2, 0) is 20.0 Å². The number of hydrogen-bond donors (Lipinski definition) is 1. The van der Waals surface area contributed by atoms with Gasteiger partial charge >= 0.3 is 0 Å². The molecule has 160 valence electrons. The molecule has 0 aliphatic carbocycles. The van der Waals surface area contributed by atoms with Gasteiger partial charge in [0.25, 0.3) is 10.0 Å². The van der Waals surface area contributed by atoms with Gasteiger partial charge in [0, 0.05) is 18.8 Å². The van der Waals surface area contributed by atoms with Crippen LogP contribution in [0.15, 0.2) is 58.3 Å². The molecule has 0 aliphatic rings. The van der Waals surface area contributed by atoms with Gasteiger partial charge in [-0.05, 0) is 61.4 Å². The van der Waals surface area contributed by atoms with Gasteiger partial charge in [-0.3, -0.25) is 4.72 Å². The van der Waals surface area contributed by atoms with E-state index in [1.54, 1.807) is 0 Å². The van der Waals surface area contributed by atoms with Crippen molar-refractivity contribution in [3.8, 4) is 0 Å². The van der Waals surface area contributed by atoms with Crippen LogP contribution in [0, 0.1) is 5.82 Å². The minimum Gasteiger partial charge on any atom is -0.280 e. The highest BCUT2D eigenvalue weighted by Crippen LogP contribution is 2.22. The fraction of sp³-hybridized carbons (Fsp3) is 0.400. The topological polar surface area (TPSA) is 83.6 Å². The summed E-state index contributed by atoms with van der Waals surface area (Å²) < 4.78 is 67.5. The van der Waals surface area contributed by atoms with E-state index < -0.39 is 25.9 Å². The molecular formula is C20H27FN2O4S2. The van der Waals surface area contributed by atoms with Gasteiger partial charge in [0.1, 0.15) is 5.82 Å². The summed E-state index contributed by atoms with van der Waals surface area (Å²) in [4.78, 5) is 0.0374. The molecule has 0 aromatic heterocycles.